The maximum absolute atomic E-state index is 12.0. The van der Waals surface area contributed by atoms with Crippen LogP contribution in [-0.4, -0.2) is 28.4 Å². The number of carbonyl (C=O) groups excluding carboxylic acids is 1. The molecule has 0 aliphatic heterocycles. The Kier molecular flexibility index (Phi) is 5.07. The summed E-state index contributed by atoms with van der Waals surface area (Å²) in [5.74, 6) is -2.66. The lowest BCUT2D eigenvalue weighted by Gasteiger charge is -2.23. The lowest BCUT2D eigenvalue weighted by molar-refractivity contribution is -0.150. The van der Waals surface area contributed by atoms with Gasteiger partial charge in [0.15, 0.2) is 0 Å². The molecule has 1 atom stereocenters. The lowest BCUT2D eigenvalue weighted by atomic mass is 10.1. The number of nitriles is 1. The monoisotopic (exact) mass is 260 g/mol. The van der Waals surface area contributed by atoms with E-state index in [1.807, 2.05) is 0 Å². The summed E-state index contributed by atoms with van der Waals surface area (Å²) < 4.78 is 0. The summed E-state index contributed by atoms with van der Waals surface area (Å²) in [6, 6.07) is 9.04. The van der Waals surface area contributed by atoms with Crippen LogP contribution in [0.15, 0.2) is 24.3 Å². The van der Waals surface area contributed by atoms with Crippen molar-refractivity contribution in [2.45, 2.75) is 20.4 Å². The van der Waals surface area contributed by atoms with Gasteiger partial charge in [-0.2, -0.15) is 5.26 Å². The maximum Gasteiger partial charge on any atom is 0.315 e. The molecule has 1 N–H and O–H groups in total. The van der Waals surface area contributed by atoms with E-state index < -0.39 is 17.8 Å². The first-order valence-corrected chi connectivity index (χ1v) is 6.00. The third-order valence-corrected chi connectivity index (χ3v) is 2.93. The van der Waals surface area contributed by atoms with Crippen LogP contribution in [0.25, 0.3) is 0 Å². The minimum atomic E-state index is -1.14. The van der Waals surface area contributed by atoms with Gasteiger partial charge in [-0.3, -0.25) is 9.59 Å². The lowest BCUT2D eigenvalue weighted by Crippen LogP contribution is -2.37. The van der Waals surface area contributed by atoms with Crippen LogP contribution in [-0.2, 0) is 16.1 Å². The quantitative estimate of drug-likeness (QED) is 0.816. The number of amides is 1. The largest absolute Gasteiger partial charge is 0.481 e. The molecular formula is C14H16N2O3. The molecule has 0 bridgehead atoms. The number of carboxylic acids is 1. The average molecular weight is 260 g/mol. The number of carboxylic acid groups (broad SMARTS) is 1. The van der Waals surface area contributed by atoms with Crippen molar-refractivity contribution in [1.82, 2.24) is 4.90 Å². The molecule has 0 fully saturated rings. The summed E-state index contributed by atoms with van der Waals surface area (Å²) >= 11 is 0. The first kappa shape index (κ1) is 14.7. The van der Waals surface area contributed by atoms with Gasteiger partial charge in [-0.25, -0.2) is 0 Å². The normalized spacial score (nSPS) is 11.4. The van der Waals surface area contributed by atoms with Crippen LogP contribution in [0.1, 0.15) is 25.0 Å². The highest BCUT2D eigenvalue weighted by Crippen LogP contribution is 2.13. The van der Waals surface area contributed by atoms with Gasteiger partial charge in [0.1, 0.15) is 5.92 Å². The number of aliphatic carboxylic acids is 1. The Labute approximate surface area is 112 Å². The van der Waals surface area contributed by atoms with Crippen LogP contribution >= 0.6 is 0 Å². The molecule has 5 heteroatoms. The fraction of sp³-hybridized carbons (Fsp3) is 0.357. The van der Waals surface area contributed by atoms with Crippen LogP contribution in [0.3, 0.4) is 0 Å². The van der Waals surface area contributed by atoms with Gasteiger partial charge < -0.3 is 10.0 Å². The molecular weight excluding hydrogens is 244 g/mol. The Morgan fingerprint density at radius 3 is 2.58 bits per heavy atom. The van der Waals surface area contributed by atoms with Crippen molar-refractivity contribution < 1.29 is 14.7 Å². The third-order valence-electron chi connectivity index (χ3n) is 2.93. The molecule has 0 aromatic heterocycles. The van der Waals surface area contributed by atoms with Crippen molar-refractivity contribution in [3.05, 3.63) is 35.4 Å². The molecule has 0 radical (unpaired) electrons. The van der Waals surface area contributed by atoms with Gasteiger partial charge in [0.2, 0.25) is 5.91 Å². The minimum Gasteiger partial charge on any atom is -0.481 e. The number of hydrogen-bond acceptors (Lipinski definition) is 3. The predicted molar refractivity (Wildman–Crippen MR) is 69.0 cm³/mol. The summed E-state index contributed by atoms with van der Waals surface area (Å²) in [5.41, 5.74) is 1.22. The van der Waals surface area contributed by atoms with E-state index >= 15 is 0 Å². The summed E-state index contributed by atoms with van der Waals surface area (Å²) in [7, 11) is 0. The molecule has 1 unspecified atom stereocenters. The number of rotatable bonds is 5. The number of carbonyl (C=O) groups is 2. The van der Waals surface area contributed by atoms with Crippen molar-refractivity contribution in [2.24, 2.45) is 5.92 Å². The molecule has 0 aliphatic carbocycles. The Morgan fingerprint density at radius 1 is 1.42 bits per heavy atom. The molecule has 0 heterocycles. The molecule has 100 valence electrons. The summed E-state index contributed by atoms with van der Waals surface area (Å²) in [5, 5.41) is 17.9. The van der Waals surface area contributed by atoms with Crippen molar-refractivity contribution in [3.63, 3.8) is 0 Å². The fourth-order valence-electron chi connectivity index (χ4n) is 1.70. The van der Waals surface area contributed by atoms with E-state index in [9.17, 15) is 9.59 Å². The van der Waals surface area contributed by atoms with Gasteiger partial charge >= 0.3 is 5.97 Å². The van der Waals surface area contributed by atoms with Gasteiger partial charge in [-0.05, 0) is 25.5 Å². The average Bonchev–Trinajstić information content (AvgIpc) is 2.43. The van der Waals surface area contributed by atoms with Crippen molar-refractivity contribution in [1.29, 1.82) is 5.26 Å². The first-order valence-electron chi connectivity index (χ1n) is 6.00. The van der Waals surface area contributed by atoms with Gasteiger partial charge in [-0.1, -0.05) is 18.2 Å². The molecule has 1 aromatic rings. The van der Waals surface area contributed by atoms with E-state index in [0.29, 0.717) is 12.1 Å². The van der Waals surface area contributed by atoms with Gasteiger partial charge in [-0.15, -0.1) is 0 Å². The summed E-state index contributed by atoms with van der Waals surface area (Å²) in [6.45, 7) is 3.79. The molecule has 1 aromatic carbocycles. The van der Waals surface area contributed by atoms with Crippen LogP contribution in [0.4, 0.5) is 0 Å². The van der Waals surface area contributed by atoms with E-state index in [2.05, 4.69) is 6.07 Å². The van der Waals surface area contributed by atoms with Crippen LogP contribution < -0.4 is 0 Å². The molecule has 5 nitrogen and oxygen atoms in total. The maximum atomic E-state index is 12.0. The van der Waals surface area contributed by atoms with E-state index in [1.54, 1.807) is 31.2 Å². The van der Waals surface area contributed by atoms with E-state index in [0.717, 1.165) is 5.56 Å². The zero-order valence-corrected chi connectivity index (χ0v) is 11.0. The van der Waals surface area contributed by atoms with E-state index in [4.69, 9.17) is 10.4 Å². The smallest absolute Gasteiger partial charge is 0.315 e. The summed E-state index contributed by atoms with van der Waals surface area (Å²) in [4.78, 5) is 24.3. The molecule has 0 aliphatic rings. The van der Waals surface area contributed by atoms with Crippen LogP contribution in [0.2, 0.25) is 0 Å². The molecule has 0 spiro atoms. The highest BCUT2D eigenvalue weighted by atomic mass is 16.4. The molecule has 0 saturated heterocycles. The minimum absolute atomic E-state index is 0.247. The Bertz CT molecular complexity index is 520. The highest BCUT2D eigenvalue weighted by molar-refractivity contribution is 5.96. The fourth-order valence-corrected chi connectivity index (χ4v) is 1.70. The molecule has 1 amide bonds. The van der Waals surface area contributed by atoms with Crippen LogP contribution in [0, 0.1) is 17.2 Å². The van der Waals surface area contributed by atoms with E-state index in [-0.39, 0.29) is 6.54 Å². The molecule has 1 rings (SSSR count). The van der Waals surface area contributed by atoms with Crippen molar-refractivity contribution >= 4 is 11.9 Å². The predicted octanol–water partition coefficient (Wildman–Crippen LogP) is 1.63. The Morgan fingerprint density at radius 2 is 2.05 bits per heavy atom. The Hall–Kier alpha value is -2.35. The number of benzene rings is 1. The number of hydrogen-bond donors (Lipinski definition) is 1. The van der Waals surface area contributed by atoms with Crippen molar-refractivity contribution in [3.8, 4) is 6.07 Å². The van der Waals surface area contributed by atoms with Gasteiger partial charge in [0, 0.05) is 13.1 Å². The standard InChI is InChI=1S/C14H16N2O3/c1-3-16(13(17)10(2)14(18)19)9-12-7-5-4-6-11(12)8-15/h4-7,10H,3,9H2,1-2H3,(H,18,19). The van der Waals surface area contributed by atoms with Crippen LogP contribution in [0.5, 0.6) is 0 Å². The second-order valence-corrected chi connectivity index (χ2v) is 4.18. The second kappa shape index (κ2) is 6.55. The second-order valence-electron chi connectivity index (χ2n) is 4.18. The third kappa shape index (κ3) is 3.55. The summed E-state index contributed by atoms with van der Waals surface area (Å²) in [6.07, 6.45) is 0. The Balaban J connectivity index is 2.91. The van der Waals surface area contributed by atoms with Gasteiger partial charge in [0.05, 0.1) is 11.6 Å². The number of nitrogens with zero attached hydrogens (tertiary/aromatic N) is 2. The topological polar surface area (TPSA) is 81.4 Å². The first-order chi connectivity index (χ1) is 9.01. The highest BCUT2D eigenvalue weighted by Gasteiger charge is 2.25. The zero-order chi connectivity index (χ0) is 14.4. The van der Waals surface area contributed by atoms with Gasteiger partial charge in [0.25, 0.3) is 0 Å². The van der Waals surface area contributed by atoms with E-state index in [1.165, 1.54) is 11.8 Å². The molecule has 19 heavy (non-hydrogen) atoms. The zero-order valence-electron chi connectivity index (χ0n) is 11.0. The SMILES string of the molecule is CCN(Cc1ccccc1C#N)C(=O)C(C)C(=O)O. The molecule has 0 saturated carbocycles. The van der Waals surface area contributed by atoms with Crippen molar-refractivity contribution in [2.75, 3.05) is 6.54 Å².